The number of nitrogens with zero attached hydrogens (tertiary/aromatic N) is 2. The minimum absolute atomic E-state index is 0.139. The Morgan fingerprint density at radius 3 is 3.19 bits per heavy atom. The van der Waals surface area contributed by atoms with E-state index < -0.39 is 18.1 Å². The third kappa shape index (κ3) is 3.08. The number of carbonyl (C=O) groups is 1. The third-order valence-corrected chi connectivity index (χ3v) is 3.37. The van der Waals surface area contributed by atoms with E-state index in [-0.39, 0.29) is 12.2 Å². The number of amides is 1. The summed E-state index contributed by atoms with van der Waals surface area (Å²) in [7, 11) is 0. The van der Waals surface area contributed by atoms with Gasteiger partial charge in [0.1, 0.15) is 12.4 Å². The first-order valence-corrected chi connectivity index (χ1v) is 6.75. The summed E-state index contributed by atoms with van der Waals surface area (Å²) >= 11 is 0. The second kappa shape index (κ2) is 6.01. The van der Waals surface area contributed by atoms with Crippen molar-refractivity contribution in [3.63, 3.8) is 0 Å². The Kier molecular flexibility index (Phi) is 3.92. The lowest BCUT2D eigenvalue weighted by Gasteiger charge is -2.27. The maximum atomic E-state index is 13.7. The Balaban J connectivity index is 1.69. The molecule has 1 aliphatic heterocycles. The maximum absolute atomic E-state index is 13.7. The van der Waals surface area contributed by atoms with E-state index in [0.29, 0.717) is 24.4 Å². The highest BCUT2D eigenvalue weighted by atomic mass is 19.1. The lowest BCUT2D eigenvalue weighted by molar-refractivity contribution is 0.0887. The van der Waals surface area contributed by atoms with E-state index in [9.17, 15) is 9.18 Å². The predicted octanol–water partition coefficient (Wildman–Crippen LogP) is 1.17. The number of oxazole rings is 1. The summed E-state index contributed by atoms with van der Waals surface area (Å²) in [6.07, 6.45) is 3.97. The molecule has 3 rings (SSSR count). The van der Waals surface area contributed by atoms with Gasteiger partial charge < -0.3 is 15.1 Å². The van der Waals surface area contributed by atoms with E-state index in [1.54, 1.807) is 24.5 Å². The molecule has 0 radical (unpaired) electrons. The summed E-state index contributed by atoms with van der Waals surface area (Å²) in [5.41, 5.74) is 0.821. The van der Waals surface area contributed by atoms with Gasteiger partial charge in [-0.25, -0.2) is 9.37 Å². The second-order valence-electron chi connectivity index (χ2n) is 4.87. The zero-order valence-corrected chi connectivity index (χ0v) is 11.3. The summed E-state index contributed by atoms with van der Waals surface area (Å²) in [5.74, 6) is -0.112. The fourth-order valence-corrected chi connectivity index (χ4v) is 2.23. The maximum Gasteiger partial charge on any atom is 0.273 e. The molecule has 2 aromatic heterocycles. The fourth-order valence-electron chi connectivity index (χ4n) is 2.23. The van der Waals surface area contributed by atoms with Crippen LogP contribution < -0.4 is 10.6 Å². The molecule has 21 heavy (non-hydrogen) atoms. The zero-order valence-electron chi connectivity index (χ0n) is 11.3. The molecule has 2 aromatic rings. The topological polar surface area (TPSA) is 80.0 Å². The van der Waals surface area contributed by atoms with Crippen molar-refractivity contribution in [1.82, 2.24) is 20.6 Å². The van der Waals surface area contributed by atoms with Crippen LogP contribution in [0.5, 0.6) is 0 Å². The van der Waals surface area contributed by atoms with Crippen molar-refractivity contribution in [3.8, 4) is 11.5 Å². The van der Waals surface area contributed by atoms with Gasteiger partial charge in [-0.2, -0.15) is 0 Å². The predicted molar refractivity (Wildman–Crippen MR) is 73.4 cm³/mol. The van der Waals surface area contributed by atoms with Crippen molar-refractivity contribution in [2.24, 2.45) is 0 Å². The molecular weight excluding hydrogens is 275 g/mol. The van der Waals surface area contributed by atoms with Crippen LogP contribution in [-0.2, 0) is 0 Å². The quantitative estimate of drug-likeness (QED) is 0.887. The molecule has 110 valence electrons. The van der Waals surface area contributed by atoms with Gasteiger partial charge in [0.2, 0.25) is 5.89 Å². The van der Waals surface area contributed by atoms with Gasteiger partial charge in [-0.05, 0) is 25.1 Å². The lowest BCUT2D eigenvalue weighted by Crippen LogP contribution is -2.50. The Hall–Kier alpha value is -2.28. The third-order valence-electron chi connectivity index (χ3n) is 3.37. The molecule has 1 aliphatic rings. The van der Waals surface area contributed by atoms with Crippen molar-refractivity contribution in [3.05, 3.63) is 36.5 Å². The molecule has 0 spiro atoms. The molecule has 1 amide bonds. The molecule has 0 aliphatic carbocycles. The molecule has 0 saturated carbocycles. The van der Waals surface area contributed by atoms with E-state index in [2.05, 4.69) is 20.6 Å². The number of hydrogen-bond acceptors (Lipinski definition) is 5. The first-order chi connectivity index (χ1) is 10.2. The van der Waals surface area contributed by atoms with Gasteiger partial charge in [-0.1, -0.05) is 0 Å². The molecule has 0 aromatic carbocycles. The van der Waals surface area contributed by atoms with Crippen molar-refractivity contribution >= 4 is 5.91 Å². The molecule has 2 N–H and O–H groups in total. The summed E-state index contributed by atoms with van der Waals surface area (Å²) in [5, 5.41) is 5.59. The first-order valence-electron chi connectivity index (χ1n) is 6.75. The van der Waals surface area contributed by atoms with Crippen LogP contribution in [0.1, 0.15) is 16.9 Å². The van der Waals surface area contributed by atoms with Gasteiger partial charge in [0.05, 0.1) is 11.6 Å². The molecule has 6 nitrogen and oxygen atoms in total. The molecule has 2 unspecified atom stereocenters. The van der Waals surface area contributed by atoms with Gasteiger partial charge >= 0.3 is 0 Å². The van der Waals surface area contributed by atoms with Crippen LogP contribution >= 0.6 is 0 Å². The Morgan fingerprint density at radius 2 is 2.43 bits per heavy atom. The molecule has 2 atom stereocenters. The largest absolute Gasteiger partial charge is 0.444 e. The number of alkyl halides is 1. The van der Waals surface area contributed by atoms with E-state index >= 15 is 0 Å². The molecular formula is C14H15FN4O2. The van der Waals surface area contributed by atoms with Gasteiger partial charge in [0.15, 0.2) is 5.69 Å². The summed E-state index contributed by atoms with van der Waals surface area (Å²) in [6, 6.07) is 3.05. The molecule has 0 bridgehead atoms. The van der Waals surface area contributed by atoms with Crippen molar-refractivity contribution in [2.75, 3.05) is 13.1 Å². The monoisotopic (exact) mass is 290 g/mol. The number of rotatable bonds is 3. The smallest absolute Gasteiger partial charge is 0.273 e. The molecule has 7 heteroatoms. The minimum atomic E-state index is -1.09. The van der Waals surface area contributed by atoms with Gasteiger partial charge in [0.25, 0.3) is 5.91 Å². The highest BCUT2D eigenvalue weighted by Gasteiger charge is 2.27. The number of halogens is 1. The van der Waals surface area contributed by atoms with Crippen LogP contribution in [0.3, 0.4) is 0 Å². The van der Waals surface area contributed by atoms with Crippen molar-refractivity contribution < 1.29 is 13.6 Å². The van der Waals surface area contributed by atoms with E-state index in [0.717, 1.165) is 0 Å². The first kappa shape index (κ1) is 13.7. The summed E-state index contributed by atoms with van der Waals surface area (Å²) < 4.78 is 18.9. The van der Waals surface area contributed by atoms with Crippen molar-refractivity contribution in [2.45, 2.75) is 18.6 Å². The van der Waals surface area contributed by atoms with Crippen LogP contribution in [0.25, 0.3) is 11.5 Å². The Bertz CT molecular complexity index is 616. The average Bonchev–Trinajstić information content (AvgIpc) is 3.00. The van der Waals surface area contributed by atoms with E-state index in [1.807, 2.05) is 0 Å². The van der Waals surface area contributed by atoms with Crippen LogP contribution in [0.15, 0.2) is 35.2 Å². The van der Waals surface area contributed by atoms with Gasteiger partial charge in [0, 0.05) is 18.9 Å². The van der Waals surface area contributed by atoms with Crippen LogP contribution in [-0.4, -0.2) is 41.2 Å². The normalized spacial score (nSPS) is 22.0. The minimum Gasteiger partial charge on any atom is -0.444 e. The molecule has 1 saturated heterocycles. The standard InChI is InChI=1S/C14H15FN4O2/c15-10-7-17-5-3-11(10)18-13(20)12-8-21-14(19-12)9-2-1-4-16-6-9/h1-2,4,6,8,10-11,17H,3,5,7H2,(H,18,20). The highest BCUT2D eigenvalue weighted by Crippen LogP contribution is 2.17. The average molecular weight is 290 g/mol. The van der Waals surface area contributed by atoms with Crippen LogP contribution in [0, 0.1) is 0 Å². The second-order valence-corrected chi connectivity index (χ2v) is 4.87. The van der Waals surface area contributed by atoms with Gasteiger partial charge in [-0.3, -0.25) is 9.78 Å². The SMILES string of the molecule is O=C(NC1CCNCC1F)c1coc(-c2cccnc2)n1. The summed E-state index contributed by atoms with van der Waals surface area (Å²) in [6.45, 7) is 0.940. The fraction of sp³-hybridized carbons (Fsp3) is 0.357. The van der Waals surface area contributed by atoms with Gasteiger partial charge in [-0.15, -0.1) is 0 Å². The lowest BCUT2D eigenvalue weighted by atomic mass is 10.0. The highest BCUT2D eigenvalue weighted by molar-refractivity contribution is 5.92. The van der Waals surface area contributed by atoms with Crippen molar-refractivity contribution in [1.29, 1.82) is 0 Å². The Labute approximate surface area is 120 Å². The number of carbonyl (C=O) groups excluding carboxylic acids is 1. The number of aromatic nitrogens is 2. The molecule has 1 fully saturated rings. The van der Waals surface area contributed by atoms with Crippen LogP contribution in [0.4, 0.5) is 4.39 Å². The number of hydrogen-bond donors (Lipinski definition) is 2. The summed E-state index contributed by atoms with van der Waals surface area (Å²) in [4.78, 5) is 20.1. The molecule has 3 heterocycles. The Morgan fingerprint density at radius 1 is 1.52 bits per heavy atom. The number of piperidine rings is 1. The zero-order chi connectivity index (χ0) is 14.7. The number of nitrogens with one attached hydrogen (secondary N) is 2. The van der Waals surface area contributed by atoms with E-state index in [4.69, 9.17) is 4.42 Å². The van der Waals surface area contributed by atoms with Crippen LogP contribution in [0.2, 0.25) is 0 Å². The number of pyridine rings is 1. The van der Waals surface area contributed by atoms with E-state index in [1.165, 1.54) is 6.26 Å².